The summed E-state index contributed by atoms with van der Waals surface area (Å²) < 4.78 is 18.3. The van der Waals surface area contributed by atoms with E-state index >= 15 is 0 Å². The third-order valence-corrected chi connectivity index (χ3v) is 2.96. The van der Waals surface area contributed by atoms with Crippen LogP contribution >= 0.6 is 24.0 Å². The lowest BCUT2D eigenvalue weighted by molar-refractivity contribution is 0.371. The lowest BCUT2D eigenvalue weighted by Gasteiger charge is -2.09. The zero-order chi connectivity index (χ0) is 15.9. The van der Waals surface area contributed by atoms with E-state index in [1.807, 2.05) is 6.92 Å². The van der Waals surface area contributed by atoms with Crippen molar-refractivity contribution in [2.24, 2.45) is 4.99 Å². The Labute approximate surface area is 152 Å². The SMILES string of the molecule is CCNC(=NCc1ccc(F)c(C)c1)NCc1nc(C)no1.I. The average Bonchev–Trinajstić information content (AvgIpc) is 2.91. The number of hydrogen-bond acceptors (Lipinski definition) is 4. The zero-order valence-corrected chi connectivity index (χ0v) is 15.7. The van der Waals surface area contributed by atoms with Crippen molar-refractivity contribution in [3.05, 3.63) is 46.9 Å². The summed E-state index contributed by atoms with van der Waals surface area (Å²) in [5.74, 6) is 1.53. The lowest BCUT2D eigenvalue weighted by Crippen LogP contribution is -2.36. The van der Waals surface area contributed by atoms with Gasteiger partial charge >= 0.3 is 0 Å². The standard InChI is InChI=1S/C15H20FN5O.HI/c1-4-17-15(19-9-14-20-11(3)21-22-14)18-8-12-5-6-13(16)10(2)7-12;/h5-7H,4,8-9H2,1-3H3,(H2,17,18,19);1H. The summed E-state index contributed by atoms with van der Waals surface area (Å²) in [5, 5.41) is 9.98. The second kappa shape index (κ2) is 9.43. The average molecular weight is 433 g/mol. The van der Waals surface area contributed by atoms with Gasteiger partial charge in [-0.1, -0.05) is 17.3 Å². The van der Waals surface area contributed by atoms with Crippen LogP contribution in [-0.2, 0) is 13.1 Å². The first-order chi connectivity index (χ1) is 10.6. The van der Waals surface area contributed by atoms with Crippen molar-refractivity contribution < 1.29 is 8.91 Å². The first-order valence-corrected chi connectivity index (χ1v) is 7.15. The number of hydrogen-bond donors (Lipinski definition) is 2. The molecular formula is C15H21FIN5O. The monoisotopic (exact) mass is 433 g/mol. The molecule has 1 aromatic carbocycles. The number of guanidine groups is 1. The van der Waals surface area contributed by atoms with Crippen molar-refractivity contribution in [3.8, 4) is 0 Å². The normalized spacial score (nSPS) is 11.0. The molecule has 0 spiro atoms. The molecule has 2 N–H and O–H groups in total. The molecular weight excluding hydrogens is 412 g/mol. The molecule has 0 aliphatic rings. The quantitative estimate of drug-likeness (QED) is 0.431. The summed E-state index contributed by atoms with van der Waals surface area (Å²) in [7, 11) is 0. The molecule has 2 rings (SSSR count). The van der Waals surface area contributed by atoms with Crippen LogP contribution in [0.3, 0.4) is 0 Å². The Bertz CT molecular complexity index is 659. The molecule has 23 heavy (non-hydrogen) atoms. The largest absolute Gasteiger partial charge is 0.357 e. The van der Waals surface area contributed by atoms with Crippen LogP contribution in [0, 0.1) is 19.7 Å². The number of rotatable bonds is 5. The molecule has 8 heteroatoms. The molecule has 0 unspecified atom stereocenters. The van der Waals surface area contributed by atoms with Crippen LogP contribution in [0.2, 0.25) is 0 Å². The third kappa shape index (κ3) is 6.12. The van der Waals surface area contributed by atoms with Crippen LogP contribution in [0.15, 0.2) is 27.7 Å². The molecule has 0 aliphatic carbocycles. The number of aromatic nitrogens is 2. The van der Waals surface area contributed by atoms with E-state index in [9.17, 15) is 4.39 Å². The van der Waals surface area contributed by atoms with E-state index in [2.05, 4.69) is 25.8 Å². The molecule has 126 valence electrons. The highest BCUT2D eigenvalue weighted by atomic mass is 127. The third-order valence-electron chi connectivity index (χ3n) is 2.96. The maximum absolute atomic E-state index is 13.2. The predicted molar refractivity (Wildman–Crippen MR) is 97.2 cm³/mol. The summed E-state index contributed by atoms with van der Waals surface area (Å²) in [6.45, 7) is 7.08. The van der Waals surface area contributed by atoms with Gasteiger partial charge in [0, 0.05) is 6.54 Å². The predicted octanol–water partition coefficient (Wildman–Crippen LogP) is 2.70. The Morgan fingerprint density at radius 2 is 2.09 bits per heavy atom. The van der Waals surface area contributed by atoms with E-state index in [4.69, 9.17) is 4.52 Å². The number of benzene rings is 1. The minimum absolute atomic E-state index is 0. The van der Waals surface area contributed by atoms with Gasteiger partial charge in [0.2, 0.25) is 5.89 Å². The van der Waals surface area contributed by atoms with Crippen LogP contribution in [-0.4, -0.2) is 22.6 Å². The number of halogens is 2. The van der Waals surface area contributed by atoms with E-state index in [1.54, 1.807) is 26.0 Å². The van der Waals surface area contributed by atoms with Crippen molar-refractivity contribution in [2.75, 3.05) is 6.54 Å². The Kier molecular flexibility index (Phi) is 7.93. The highest BCUT2D eigenvalue weighted by Crippen LogP contribution is 2.10. The van der Waals surface area contributed by atoms with E-state index in [-0.39, 0.29) is 29.8 Å². The Morgan fingerprint density at radius 3 is 2.70 bits per heavy atom. The van der Waals surface area contributed by atoms with E-state index < -0.39 is 0 Å². The molecule has 2 aromatic rings. The van der Waals surface area contributed by atoms with Gasteiger partial charge in [0.25, 0.3) is 0 Å². The molecule has 1 aromatic heterocycles. The number of aryl methyl sites for hydroxylation is 2. The lowest BCUT2D eigenvalue weighted by atomic mass is 10.1. The summed E-state index contributed by atoms with van der Waals surface area (Å²) in [5.41, 5.74) is 1.57. The number of nitrogens with zero attached hydrogens (tertiary/aromatic N) is 3. The van der Waals surface area contributed by atoms with Crippen LogP contribution in [0.5, 0.6) is 0 Å². The molecule has 0 saturated carbocycles. The molecule has 0 saturated heterocycles. The van der Waals surface area contributed by atoms with Crippen molar-refractivity contribution in [1.82, 2.24) is 20.8 Å². The van der Waals surface area contributed by atoms with E-state index in [0.717, 1.165) is 12.1 Å². The molecule has 0 atom stereocenters. The fourth-order valence-corrected chi connectivity index (χ4v) is 1.89. The minimum atomic E-state index is -0.204. The summed E-state index contributed by atoms with van der Waals surface area (Å²) in [4.78, 5) is 8.58. The molecule has 6 nitrogen and oxygen atoms in total. The van der Waals surface area contributed by atoms with Gasteiger partial charge in [-0.15, -0.1) is 24.0 Å². The van der Waals surface area contributed by atoms with Crippen molar-refractivity contribution in [2.45, 2.75) is 33.9 Å². The molecule has 1 heterocycles. The molecule has 0 bridgehead atoms. The highest BCUT2D eigenvalue weighted by Gasteiger charge is 2.04. The van der Waals surface area contributed by atoms with Gasteiger partial charge < -0.3 is 15.2 Å². The van der Waals surface area contributed by atoms with Gasteiger partial charge in [0.1, 0.15) is 5.82 Å². The second-order valence-electron chi connectivity index (χ2n) is 4.87. The second-order valence-corrected chi connectivity index (χ2v) is 4.87. The highest BCUT2D eigenvalue weighted by molar-refractivity contribution is 14.0. The van der Waals surface area contributed by atoms with Gasteiger partial charge in [-0.2, -0.15) is 4.98 Å². The summed E-state index contributed by atoms with van der Waals surface area (Å²) >= 11 is 0. The number of nitrogens with one attached hydrogen (secondary N) is 2. The molecule has 0 radical (unpaired) electrons. The fraction of sp³-hybridized carbons (Fsp3) is 0.400. The fourth-order valence-electron chi connectivity index (χ4n) is 1.89. The zero-order valence-electron chi connectivity index (χ0n) is 13.4. The van der Waals surface area contributed by atoms with Gasteiger partial charge in [-0.3, -0.25) is 0 Å². The summed E-state index contributed by atoms with van der Waals surface area (Å²) in [6, 6.07) is 4.99. The Balaban J connectivity index is 0.00000264. The van der Waals surface area contributed by atoms with Crippen LogP contribution in [0.4, 0.5) is 4.39 Å². The van der Waals surface area contributed by atoms with Gasteiger partial charge in [0.05, 0.1) is 13.1 Å². The van der Waals surface area contributed by atoms with Crippen molar-refractivity contribution in [3.63, 3.8) is 0 Å². The Hall–Kier alpha value is -1.71. The van der Waals surface area contributed by atoms with Gasteiger partial charge in [-0.25, -0.2) is 9.38 Å². The molecule has 0 amide bonds. The van der Waals surface area contributed by atoms with Crippen molar-refractivity contribution >= 4 is 29.9 Å². The minimum Gasteiger partial charge on any atom is -0.357 e. The van der Waals surface area contributed by atoms with Crippen LogP contribution in [0.1, 0.15) is 29.8 Å². The first kappa shape index (κ1) is 19.3. The topological polar surface area (TPSA) is 75.3 Å². The Morgan fingerprint density at radius 1 is 1.30 bits per heavy atom. The number of aliphatic imine (C=N–C) groups is 1. The molecule has 0 fully saturated rings. The van der Waals surface area contributed by atoms with Crippen LogP contribution in [0.25, 0.3) is 0 Å². The maximum Gasteiger partial charge on any atom is 0.246 e. The van der Waals surface area contributed by atoms with E-state index in [1.165, 1.54) is 6.07 Å². The maximum atomic E-state index is 13.2. The summed E-state index contributed by atoms with van der Waals surface area (Å²) in [6.07, 6.45) is 0. The van der Waals surface area contributed by atoms with E-state index in [0.29, 0.717) is 36.3 Å². The first-order valence-electron chi connectivity index (χ1n) is 7.15. The van der Waals surface area contributed by atoms with Crippen LogP contribution < -0.4 is 10.6 Å². The smallest absolute Gasteiger partial charge is 0.246 e. The van der Waals surface area contributed by atoms with Gasteiger partial charge in [-0.05, 0) is 38.0 Å². The molecule has 0 aliphatic heterocycles. The van der Waals surface area contributed by atoms with Gasteiger partial charge in [0.15, 0.2) is 11.8 Å². The van der Waals surface area contributed by atoms with Crippen molar-refractivity contribution in [1.29, 1.82) is 0 Å².